The maximum Gasteiger partial charge on any atom is 0.220 e. The zero-order valence-electron chi connectivity index (χ0n) is 31.2. The van der Waals surface area contributed by atoms with Crippen molar-refractivity contribution >= 4 is 5.91 Å². The predicted octanol–water partition coefficient (Wildman–Crippen LogP) is 7.16. The van der Waals surface area contributed by atoms with Crippen molar-refractivity contribution in [3.8, 4) is 0 Å². The number of aliphatic hydroxyl groups excluding tert-OH is 5. The van der Waals surface area contributed by atoms with Gasteiger partial charge in [-0.25, -0.2) is 0 Å². The summed E-state index contributed by atoms with van der Waals surface area (Å²) in [5, 5.41) is 53.9. The van der Waals surface area contributed by atoms with E-state index in [1.165, 1.54) is 89.9 Å². The van der Waals surface area contributed by atoms with Gasteiger partial charge >= 0.3 is 0 Å². The Labute approximate surface area is 298 Å². The van der Waals surface area contributed by atoms with Gasteiger partial charge in [-0.15, -0.1) is 0 Å². The van der Waals surface area contributed by atoms with Crippen molar-refractivity contribution in [3.05, 3.63) is 24.3 Å². The summed E-state index contributed by atoms with van der Waals surface area (Å²) < 4.78 is 11.2. The van der Waals surface area contributed by atoms with Crippen LogP contribution in [0, 0.1) is 0 Å². The standard InChI is InChI=1S/C40H75NO8/c1-3-5-7-9-11-13-15-17-19-21-23-25-27-29-34(43)33(32-48-40-39(47)38(46)37(45)35(31-42)49-40)41-36(44)30-28-26-24-22-20-18-16-14-12-10-8-6-4-2/h13,15,27,29,33-35,37-40,42-43,45-47H,3-12,14,16-26,28,30-32H2,1-2H3,(H,41,44)/b15-13+,29-27+/t33-,34+,35?,37-,38-,39?,40+/m0/s1. The van der Waals surface area contributed by atoms with Crippen LogP contribution in [0.5, 0.6) is 0 Å². The largest absolute Gasteiger partial charge is 0.394 e. The first-order valence-corrected chi connectivity index (χ1v) is 20.1. The van der Waals surface area contributed by atoms with Gasteiger partial charge in [0.1, 0.15) is 24.4 Å². The predicted molar refractivity (Wildman–Crippen MR) is 198 cm³/mol. The highest BCUT2D eigenvalue weighted by molar-refractivity contribution is 5.76. The van der Waals surface area contributed by atoms with Crippen molar-refractivity contribution < 1.29 is 39.8 Å². The summed E-state index contributed by atoms with van der Waals surface area (Å²) in [5.41, 5.74) is 0. The Morgan fingerprint density at radius 2 is 1.14 bits per heavy atom. The van der Waals surface area contributed by atoms with Gasteiger partial charge in [0.2, 0.25) is 5.91 Å². The van der Waals surface area contributed by atoms with Crippen LogP contribution < -0.4 is 5.32 Å². The summed E-state index contributed by atoms with van der Waals surface area (Å²) >= 11 is 0. The van der Waals surface area contributed by atoms with Crippen molar-refractivity contribution in [2.75, 3.05) is 13.2 Å². The van der Waals surface area contributed by atoms with E-state index >= 15 is 0 Å². The topological polar surface area (TPSA) is 149 Å². The Bertz CT molecular complexity index is 822. The summed E-state index contributed by atoms with van der Waals surface area (Å²) in [6.07, 6.45) is 27.8. The number of nitrogens with one attached hydrogen (secondary N) is 1. The van der Waals surface area contributed by atoms with Crippen molar-refractivity contribution in [2.24, 2.45) is 0 Å². The SMILES string of the molecule is CCCCCC/C=C/CCCCC/C=C/[C@@H](O)[C@H](CO[C@@H]1OC(CO)[C@H](O)[C@H](O)C1O)NC(=O)CCCCCCCCCCCCCCC. The smallest absolute Gasteiger partial charge is 0.220 e. The molecule has 2 unspecified atom stereocenters. The molecule has 9 nitrogen and oxygen atoms in total. The molecule has 1 rings (SSSR count). The fourth-order valence-corrected chi connectivity index (χ4v) is 6.21. The maximum absolute atomic E-state index is 12.9. The highest BCUT2D eigenvalue weighted by Crippen LogP contribution is 2.22. The number of hydrogen-bond acceptors (Lipinski definition) is 8. The number of unbranched alkanes of at least 4 members (excludes halogenated alkanes) is 20. The Morgan fingerprint density at radius 1 is 0.673 bits per heavy atom. The molecule has 0 aliphatic carbocycles. The molecule has 0 aromatic carbocycles. The van der Waals surface area contributed by atoms with Gasteiger partial charge in [-0.2, -0.15) is 0 Å². The lowest BCUT2D eigenvalue weighted by Crippen LogP contribution is -2.60. The van der Waals surface area contributed by atoms with Gasteiger partial charge in [0.05, 0.1) is 25.4 Å². The minimum atomic E-state index is -1.56. The highest BCUT2D eigenvalue weighted by atomic mass is 16.7. The van der Waals surface area contributed by atoms with Gasteiger partial charge in [0.15, 0.2) is 6.29 Å². The molecule has 49 heavy (non-hydrogen) atoms. The quantitative estimate of drug-likeness (QED) is 0.0320. The normalized spacial score (nSPS) is 22.6. The van der Waals surface area contributed by atoms with Crippen LogP contribution in [0.3, 0.4) is 0 Å². The lowest BCUT2D eigenvalue weighted by molar-refractivity contribution is -0.302. The summed E-state index contributed by atoms with van der Waals surface area (Å²) in [5.74, 6) is -0.184. The number of aliphatic hydroxyl groups is 5. The van der Waals surface area contributed by atoms with Crippen LogP contribution in [0.1, 0.15) is 168 Å². The number of ether oxygens (including phenoxy) is 2. The zero-order valence-corrected chi connectivity index (χ0v) is 31.2. The van der Waals surface area contributed by atoms with Gasteiger partial charge in [-0.3, -0.25) is 4.79 Å². The average Bonchev–Trinajstić information content (AvgIpc) is 3.10. The van der Waals surface area contributed by atoms with E-state index in [9.17, 15) is 30.3 Å². The molecule has 1 amide bonds. The second-order valence-corrected chi connectivity index (χ2v) is 14.1. The number of amides is 1. The Morgan fingerprint density at radius 3 is 1.67 bits per heavy atom. The number of rotatable bonds is 32. The Balaban J connectivity index is 2.45. The third kappa shape index (κ3) is 23.0. The van der Waals surface area contributed by atoms with E-state index in [2.05, 4.69) is 31.3 Å². The van der Waals surface area contributed by atoms with Crippen LogP contribution in [0.4, 0.5) is 0 Å². The molecule has 1 fully saturated rings. The minimum Gasteiger partial charge on any atom is -0.394 e. The van der Waals surface area contributed by atoms with Crippen molar-refractivity contribution in [2.45, 2.75) is 211 Å². The molecule has 0 saturated carbocycles. The van der Waals surface area contributed by atoms with E-state index in [0.717, 1.165) is 57.8 Å². The number of hydrogen-bond donors (Lipinski definition) is 6. The first-order valence-electron chi connectivity index (χ1n) is 20.1. The molecule has 9 heteroatoms. The average molecular weight is 698 g/mol. The first kappa shape index (κ1) is 45.7. The maximum atomic E-state index is 12.9. The van der Waals surface area contributed by atoms with E-state index < -0.39 is 49.5 Å². The lowest BCUT2D eigenvalue weighted by Gasteiger charge is -2.40. The molecule has 288 valence electrons. The first-order chi connectivity index (χ1) is 23.8. The number of allylic oxidation sites excluding steroid dienone is 3. The fourth-order valence-electron chi connectivity index (χ4n) is 6.21. The van der Waals surface area contributed by atoms with Crippen LogP contribution in [0.25, 0.3) is 0 Å². The number of carbonyl (C=O) groups is 1. The molecule has 0 radical (unpaired) electrons. The molecule has 1 aliphatic rings. The monoisotopic (exact) mass is 698 g/mol. The van der Waals surface area contributed by atoms with E-state index in [4.69, 9.17) is 9.47 Å². The Hall–Kier alpha value is -1.33. The molecule has 0 aromatic rings. The van der Waals surface area contributed by atoms with Crippen LogP contribution in [0.2, 0.25) is 0 Å². The Kier molecular flexibility index (Phi) is 29.3. The zero-order chi connectivity index (χ0) is 36.0. The lowest BCUT2D eigenvalue weighted by atomic mass is 9.99. The molecular formula is C40H75NO8. The van der Waals surface area contributed by atoms with Gasteiger partial charge in [0, 0.05) is 6.42 Å². The van der Waals surface area contributed by atoms with Crippen LogP contribution in [-0.2, 0) is 14.3 Å². The molecule has 1 heterocycles. The van der Waals surface area contributed by atoms with Crippen LogP contribution in [0.15, 0.2) is 24.3 Å². The molecule has 1 aliphatic heterocycles. The number of carbonyl (C=O) groups excluding carboxylic acids is 1. The molecule has 0 bridgehead atoms. The van der Waals surface area contributed by atoms with Gasteiger partial charge in [-0.05, 0) is 44.9 Å². The summed E-state index contributed by atoms with van der Waals surface area (Å²) in [6, 6.07) is -0.805. The van der Waals surface area contributed by atoms with E-state index in [-0.39, 0.29) is 12.5 Å². The highest BCUT2D eigenvalue weighted by Gasteiger charge is 2.44. The molecular weight excluding hydrogens is 622 g/mol. The minimum absolute atomic E-state index is 0.184. The van der Waals surface area contributed by atoms with Gasteiger partial charge in [-0.1, -0.05) is 141 Å². The van der Waals surface area contributed by atoms with Gasteiger partial charge < -0.3 is 40.3 Å². The van der Waals surface area contributed by atoms with E-state index in [1.807, 2.05) is 6.08 Å². The fraction of sp³-hybridized carbons (Fsp3) is 0.875. The summed E-state index contributed by atoms with van der Waals surface area (Å²) in [7, 11) is 0. The van der Waals surface area contributed by atoms with E-state index in [1.54, 1.807) is 6.08 Å². The molecule has 0 spiro atoms. The van der Waals surface area contributed by atoms with Crippen molar-refractivity contribution in [1.29, 1.82) is 0 Å². The molecule has 1 saturated heterocycles. The van der Waals surface area contributed by atoms with Crippen LogP contribution in [-0.4, -0.2) is 87.5 Å². The van der Waals surface area contributed by atoms with Crippen LogP contribution >= 0.6 is 0 Å². The molecule has 6 N–H and O–H groups in total. The second kappa shape index (κ2) is 31.4. The second-order valence-electron chi connectivity index (χ2n) is 14.1. The summed E-state index contributed by atoms with van der Waals surface area (Å²) in [6.45, 7) is 3.72. The third-order valence-electron chi connectivity index (χ3n) is 9.52. The molecule has 7 atom stereocenters. The van der Waals surface area contributed by atoms with E-state index in [0.29, 0.717) is 6.42 Å². The van der Waals surface area contributed by atoms with Crippen molar-refractivity contribution in [1.82, 2.24) is 5.32 Å². The van der Waals surface area contributed by atoms with Crippen molar-refractivity contribution in [3.63, 3.8) is 0 Å². The third-order valence-corrected chi connectivity index (χ3v) is 9.52. The van der Waals surface area contributed by atoms with Gasteiger partial charge in [0.25, 0.3) is 0 Å². The summed E-state index contributed by atoms with van der Waals surface area (Å²) in [4.78, 5) is 12.9. The molecule has 0 aromatic heterocycles.